The minimum atomic E-state index is 0.115. The smallest absolute Gasteiger partial charge is 0.155 e. The Morgan fingerprint density at radius 2 is 2.14 bits per heavy atom. The summed E-state index contributed by atoms with van der Waals surface area (Å²) >= 11 is 0. The summed E-state index contributed by atoms with van der Waals surface area (Å²) in [5, 5.41) is 3.35. The van der Waals surface area contributed by atoms with Crippen molar-refractivity contribution < 1.29 is 9.53 Å². The van der Waals surface area contributed by atoms with E-state index in [1.54, 1.807) is 0 Å². The van der Waals surface area contributed by atoms with Crippen LogP contribution in [0.25, 0.3) is 0 Å². The van der Waals surface area contributed by atoms with Crippen molar-refractivity contribution in [3.05, 3.63) is 0 Å². The fraction of sp³-hybridized carbons (Fsp3) is 0.909. The normalized spacial score (nSPS) is 34.0. The lowest BCUT2D eigenvalue weighted by atomic mass is 9.95. The maximum absolute atomic E-state index is 12.0. The number of rotatable bonds is 2. The van der Waals surface area contributed by atoms with E-state index in [1.807, 2.05) is 0 Å². The molecule has 0 radical (unpaired) electrons. The van der Waals surface area contributed by atoms with Gasteiger partial charge in [0.1, 0.15) is 0 Å². The molecule has 2 heterocycles. The number of ketones is 1. The van der Waals surface area contributed by atoms with Gasteiger partial charge in [-0.05, 0) is 25.8 Å². The first-order valence-corrected chi connectivity index (χ1v) is 5.73. The lowest BCUT2D eigenvalue weighted by molar-refractivity contribution is -0.125. The van der Waals surface area contributed by atoms with Gasteiger partial charge in [0.15, 0.2) is 5.78 Å². The molecular formula is C11H19NO2. The van der Waals surface area contributed by atoms with Crippen molar-refractivity contribution in [2.24, 2.45) is 5.92 Å². The van der Waals surface area contributed by atoms with Gasteiger partial charge in [0, 0.05) is 12.5 Å². The third-order valence-corrected chi connectivity index (χ3v) is 3.24. The summed E-state index contributed by atoms with van der Waals surface area (Å²) in [5.74, 6) is 0.565. The third kappa shape index (κ3) is 2.34. The minimum Gasteiger partial charge on any atom is -0.381 e. The second-order valence-corrected chi connectivity index (χ2v) is 4.32. The van der Waals surface area contributed by atoms with Gasteiger partial charge in [-0.25, -0.2) is 0 Å². The van der Waals surface area contributed by atoms with Crippen LogP contribution in [0.4, 0.5) is 0 Å². The summed E-state index contributed by atoms with van der Waals surface area (Å²) in [6.07, 6.45) is 5.62. The number of Topliss-reactive ketones (excluding diaryl/α,β-unsaturated/α-hetero) is 1. The molecule has 2 aliphatic heterocycles. The number of hydrogen-bond donors (Lipinski definition) is 1. The summed E-state index contributed by atoms with van der Waals surface area (Å²) in [5.41, 5.74) is 0. The molecule has 0 aromatic carbocycles. The van der Waals surface area contributed by atoms with E-state index in [0.717, 1.165) is 26.0 Å². The molecule has 0 amide bonds. The molecule has 14 heavy (non-hydrogen) atoms. The molecule has 0 aromatic heterocycles. The van der Waals surface area contributed by atoms with Crippen LogP contribution in [0.2, 0.25) is 0 Å². The van der Waals surface area contributed by atoms with Crippen LogP contribution in [0.3, 0.4) is 0 Å². The van der Waals surface area contributed by atoms with Gasteiger partial charge >= 0.3 is 0 Å². The maximum atomic E-state index is 12.0. The number of carbonyl (C=O) groups is 1. The second-order valence-electron chi connectivity index (χ2n) is 4.32. The molecule has 0 aliphatic carbocycles. The van der Waals surface area contributed by atoms with Crippen molar-refractivity contribution in [2.45, 2.75) is 38.1 Å². The third-order valence-electron chi connectivity index (χ3n) is 3.24. The van der Waals surface area contributed by atoms with Gasteiger partial charge in [-0.3, -0.25) is 4.79 Å². The summed E-state index contributed by atoms with van der Waals surface area (Å²) in [6, 6.07) is 0.115. The van der Waals surface area contributed by atoms with Crippen LogP contribution in [0, 0.1) is 5.92 Å². The molecule has 3 heteroatoms. The largest absolute Gasteiger partial charge is 0.381 e. The Morgan fingerprint density at radius 3 is 2.93 bits per heavy atom. The molecule has 2 aliphatic rings. The van der Waals surface area contributed by atoms with Crippen LogP contribution < -0.4 is 5.32 Å². The van der Waals surface area contributed by atoms with Crippen LogP contribution in [-0.4, -0.2) is 31.6 Å². The lowest BCUT2D eigenvalue weighted by Crippen LogP contribution is -2.39. The van der Waals surface area contributed by atoms with Crippen molar-refractivity contribution in [1.29, 1.82) is 0 Å². The zero-order valence-corrected chi connectivity index (χ0v) is 8.63. The van der Waals surface area contributed by atoms with Crippen molar-refractivity contribution in [2.75, 3.05) is 19.8 Å². The predicted octanol–water partition coefficient (Wildman–Crippen LogP) is 1.12. The molecule has 2 saturated heterocycles. The molecule has 2 rings (SSSR count). The van der Waals surface area contributed by atoms with Crippen LogP contribution in [0.15, 0.2) is 0 Å². The topological polar surface area (TPSA) is 38.3 Å². The molecule has 0 bridgehead atoms. The molecule has 80 valence electrons. The highest BCUT2D eigenvalue weighted by molar-refractivity contribution is 5.86. The van der Waals surface area contributed by atoms with Gasteiger partial charge in [-0.1, -0.05) is 12.8 Å². The Balaban J connectivity index is 1.88. The zero-order chi connectivity index (χ0) is 9.80. The lowest BCUT2D eigenvalue weighted by Gasteiger charge is -2.17. The van der Waals surface area contributed by atoms with Gasteiger partial charge < -0.3 is 10.1 Å². The average Bonchev–Trinajstić information content (AvgIpc) is 2.59. The van der Waals surface area contributed by atoms with Crippen LogP contribution >= 0.6 is 0 Å². The van der Waals surface area contributed by atoms with E-state index in [-0.39, 0.29) is 12.0 Å². The molecule has 0 spiro atoms. The van der Waals surface area contributed by atoms with E-state index in [0.29, 0.717) is 12.4 Å². The molecule has 2 unspecified atom stereocenters. The SMILES string of the molecule is O=C(C1CCOC1)C1CCCCCN1. The molecular weight excluding hydrogens is 178 g/mol. The zero-order valence-electron chi connectivity index (χ0n) is 8.63. The fourth-order valence-corrected chi connectivity index (χ4v) is 2.31. The summed E-state index contributed by atoms with van der Waals surface area (Å²) in [6.45, 7) is 2.42. The average molecular weight is 197 g/mol. The van der Waals surface area contributed by atoms with Crippen LogP contribution in [0.5, 0.6) is 0 Å². The predicted molar refractivity (Wildman–Crippen MR) is 54.2 cm³/mol. The highest BCUT2D eigenvalue weighted by Gasteiger charge is 2.29. The van der Waals surface area contributed by atoms with Gasteiger partial charge in [-0.2, -0.15) is 0 Å². The fourth-order valence-electron chi connectivity index (χ4n) is 2.31. The Hall–Kier alpha value is -0.410. The van der Waals surface area contributed by atoms with Gasteiger partial charge in [0.25, 0.3) is 0 Å². The molecule has 0 saturated carbocycles. The summed E-state index contributed by atoms with van der Waals surface area (Å²) in [7, 11) is 0. The van der Waals surface area contributed by atoms with E-state index in [1.165, 1.54) is 19.3 Å². The monoisotopic (exact) mass is 197 g/mol. The quantitative estimate of drug-likeness (QED) is 0.721. The van der Waals surface area contributed by atoms with E-state index < -0.39 is 0 Å². The van der Waals surface area contributed by atoms with Gasteiger partial charge in [-0.15, -0.1) is 0 Å². The Morgan fingerprint density at radius 1 is 1.21 bits per heavy atom. The van der Waals surface area contributed by atoms with Gasteiger partial charge in [0.05, 0.1) is 12.6 Å². The van der Waals surface area contributed by atoms with E-state index >= 15 is 0 Å². The molecule has 0 aromatic rings. The first kappa shape index (κ1) is 10.1. The summed E-state index contributed by atoms with van der Waals surface area (Å²) < 4.78 is 5.25. The summed E-state index contributed by atoms with van der Waals surface area (Å²) in [4.78, 5) is 12.0. The number of ether oxygens (including phenoxy) is 1. The molecule has 1 N–H and O–H groups in total. The Kier molecular flexibility index (Phi) is 3.54. The van der Waals surface area contributed by atoms with E-state index in [4.69, 9.17) is 4.74 Å². The Bertz CT molecular complexity index is 191. The first-order chi connectivity index (χ1) is 6.88. The highest BCUT2D eigenvalue weighted by Crippen LogP contribution is 2.18. The van der Waals surface area contributed by atoms with E-state index in [9.17, 15) is 4.79 Å². The first-order valence-electron chi connectivity index (χ1n) is 5.73. The van der Waals surface area contributed by atoms with Crippen molar-refractivity contribution >= 4 is 5.78 Å². The highest BCUT2D eigenvalue weighted by atomic mass is 16.5. The number of carbonyl (C=O) groups excluding carboxylic acids is 1. The number of nitrogens with one attached hydrogen (secondary N) is 1. The maximum Gasteiger partial charge on any atom is 0.155 e. The molecule has 2 fully saturated rings. The van der Waals surface area contributed by atoms with Crippen molar-refractivity contribution in [3.8, 4) is 0 Å². The van der Waals surface area contributed by atoms with Gasteiger partial charge in [0.2, 0.25) is 0 Å². The van der Waals surface area contributed by atoms with Crippen LogP contribution in [-0.2, 0) is 9.53 Å². The minimum absolute atomic E-state index is 0.115. The van der Waals surface area contributed by atoms with E-state index in [2.05, 4.69) is 5.32 Å². The second kappa shape index (κ2) is 4.89. The molecule has 3 nitrogen and oxygen atoms in total. The Labute approximate surface area is 85.2 Å². The van der Waals surface area contributed by atoms with Crippen molar-refractivity contribution in [3.63, 3.8) is 0 Å². The van der Waals surface area contributed by atoms with Crippen molar-refractivity contribution in [1.82, 2.24) is 5.32 Å². The standard InChI is InChI=1S/C11H19NO2/c13-11(9-5-7-14-8-9)10-4-2-1-3-6-12-10/h9-10,12H,1-8H2. The van der Waals surface area contributed by atoms with Crippen LogP contribution in [0.1, 0.15) is 32.1 Å². The molecule has 2 atom stereocenters. The number of hydrogen-bond acceptors (Lipinski definition) is 3.